The molecule has 0 spiro atoms. The SMILES string of the molecule is CNc1cc(Nc2cccn([C@@H]3CCCOC3)c2=O)nc2c(C(=O)N[C@H]3CC[C@@H]3O)cnn12. The lowest BCUT2D eigenvalue weighted by atomic mass is 9.89. The van der Waals surface area contributed by atoms with Gasteiger partial charge in [0.15, 0.2) is 5.65 Å². The second-order valence-electron chi connectivity index (χ2n) is 8.43. The number of aliphatic hydroxyl groups excluding tert-OH is 1. The van der Waals surface area contributed by atoms with Gasteiger partial charge in [0, 0.05) is 25.9 Å². The van der Waals surface area contributed by atoms with Gasteiger partial charge in [-0.3, -0.25) is 9.59 Å². The molecule has 174 valence electrons. The summed E-state index contributed by atoms with van der Waals surface area (Å²) in [6.07, 6.45) is 5.92. The molecular weight excluding hydrogens is 426 g/mol. The molecule has 11 heteroatoms. The number of aliphatic hydroxyl groups is 1. The van der Waals surface area contributed by atoms with Crippen LogP contribution in [0.15, 0.2) is 35.4 Å². The van der Waals surface area contributed by atoms with Gasteiger partial charge in [0.2, 0.25) is 0 Å². The summed E-state index contributed by atoms with van der Waals surface area (Å²) in [5, 5.41) is 23.1. The summed E-state index contributed by atoms with van der Waals surface area (Å²) in [4.78, 5) is 30.5. The van der Waals surface area contributed by atoms with Crippen LogP contribution in [0.1, 0.15) is 42.1 Å². The standard InChI is InChI=1S/C22H27N7O4/c1-23-19-10-18(25-16-5-2-8-28(22(16)32)13-4-3-9-33-12-13)27-20-14(11-24-29(19)20)21(31)26-15-6-7-17(15)30/h2,5,8,10-11,13,15,17,23,30H,3-4,6-7,9,12H2,1H3,(H,25,27)(H,26,31)/t13-,15+,17+/m1/s1. The van der Waals surface area contributed by atoms with Crippen LogP contribution >= 0.6 is 0 Å². The minimum atomic E-state index is -0.524. The minimum Gasteiger partial charge on any atom is -0.391 e. The Labute approximate surface area is 189 Å². The quantitative estimate of drug-likeness (QED) is 0.438. The first-order valence-corrected chi connectivity index (χ1v) is 11.2. The average Bonchev–Trinajstić information content (AvgIpc) is 3.27. The van der Waals surface area contributed by atoms with Gasteiger partial charge in [-0.05, 0) is 37.8 Å². The fourth-order valence-electron chi connectivity index (χ4n) is 4.24. The monoisotopic (exact) mass is 453 g/mol. The number of carbonyl (C=O) groups excluding carboxylic acids is 1. The predicted molar refractivity (Wildman–Crippen MR) is 122 cm³/mol. The number of nitrogens with one attached hydrogen (secondary N) is 3. The first kappa shape index (κ1) is 21.4. The molecule has 1 aliphatic heterocycles. The molecule has 1 amide bonds. The number of pyridine rings is 1. The zero-order chi connectivity index (χ0) is 22.9. The Balaban J connectivity index is 1.46. The van der Waals surface area contributed by atoms with E-state index in [1.807, 2.05) is 6.07 Å². The maximum Gasteiger partial charge on any atom is 0.274 e. The van der Waals surface area contributed by atoms with Crippen LogP contribution in [0, 0.1) is 0 Å². The van der Waals surface area contributed by atoms with E-state index >= 15 is 0 Å². The Morgan fingerprint density at radius 3 is 2.88 bits per heavy atom. The van der Waals surface area contributed by atoms with Crippen LogP contribution in [0.3, 0.4) is 0 Å². The number of carbonyl (C=O) groups is 1. The van der Waals surface area contributed by atoms with E-state index in [9.17, 15) is 14.7 Å². The number of anilines is 3. The van der Waals surface area contributed by atoms with E-state index in [-0.39, 0.29) is 23.6 Å². The number of fused-ring (bicyclic) bond motifs is 1. The molecule has 4 heterocycles. The van der Waals surface area contributed by atoms with Crippen LogP contribution in [0.25, 0.3) is 5.65 Å². The van der Waals surface area contributed by atoms with Crippen molar-refractivity contribution in [1.29, 1.82) is 0 Å². The van der Waals surface area contributed by atoms with Crippen LogP contribution in [0.4, 0.5) is 17.3 Å². The van der Waals surface area contributed by atoms with Crippen molar-refractivity contribution in [2.45, 2.75) is 43.9 Å². The Kier molecular flexibility index (Phi) is 5.73. The molecule has 1 aliphatic carbocycles. The summed E-state index contributed by atoms with van der Waals surface area (Å²) in [5.41, 5.74) is 0.850. The van der Waals surface area contributed by atoms with Crippen LogP contribution in [0.2, 0.25) is 0 Å². The van der Waals surface area contributed by atoms with Crippen molar-refractivity contribution >= 4 is 28.9 Å². The van der Waals surface area contributed by atoms with Crippen LogP contribution in [0.5, 0.6) is 0 Å². The van der Waals surface area contributed by atoms with Gasteiger partial charge in [0.05, 0.1) is 31.0 Å². The van der Waals surface area contributed by atoms with Gasteiger partial charge in [-0.15, -0.1) is 0 Å². The van der Waals surface area contributed by atoms with Gasteiger partial charge in [-0.25, -0.2) is 4.98 Å². The average molecular weight is 454 g/mol. The molecule has 3 atom stereocenters. The second kappa shape index (κ2) is 8.83. The van der Waals surface area contributed by atoms with Crippen LogP contribution in [-0.2, 0) is 4.74 Å². The summed E-state index contributed by atoms with van der Waals surface area (Å²) in [6.45, 7) is 1.24. The fourth-order valence-corrected chi connectivity index (χ4v) is 4.24. The molecule has 3 aromatic rings. The molecule has 0 unspecified atom stereocenters. The second-order valence-corrected chi connectivity index (χ2v) is 8.43. The zero-order valence-corrected chi connectivity index (χ0v) is 18.3. The predicted octanol–water partition coefficient (Wildman–Crippen LogP) is 1.28. The summed E-state index contributed by atoms with van der Waals surface area (Å²) in [6, 6.07) is 4.98. The molecule has 1 saturated heterocycles. The Hall–Kier alpha value is -3.44. The Bertz CT molecular complexity index is 1230. The highest BCUT2D eigenvalue weighted by Gasteiger charge is 2.31. The number of rotatable bonds is 6. The minimum absolute atomic E-state index is 0.00305. The number of hydrogen-bond acceptors (Lipinski definition) is 8. The Morgan fingerprint density at radius 2 is 2.18 bits per heavy atom. The largest absolute Gasteiger partial charge is 0.391 e. The van der Waals surface area contributed by atoms with E-state index in [0.717, 1.165) is 25.9 Å². The summed E-state index contributed by atoms with van der Waals surface area (Å²) in [7, 11) is 1.74. The zero-order valence-electron chi connectivity index (χ0n) is 18.3. The Morgan fingerprint density at radius 1 is 1.30 bits per heavy atom. The maximum absolute atomic E-state index is 13.1. The van der Waals surface area contributed by atoms with Gasteiger partial charge in [-0.1, -0.05) is 0 Å². The lowest BCUT2D eigenvalue weighted by Crippen LogP contribution is -2.50. The number of amides is 1. The molecule has 0 bridgehead atoms. The normalized spacial score (nSPS) is 22.5. The molecule has 4 N–H and O–H groups in total. The molecular formula is C22H27N7O4. The van der Waals surface area contributed by atoms with E-state index in [1.165, 1.54) is 10.7 Å². The highest BCUT2D eigenvalue weighted by molar-refractivity contribution is 6.00. The number of nitrogens with zero attached hydrogens (tertiary/aromatic N) is 4. The van der Waals surface area contributed by atoms with E-state index in [4.69, 9.17) is 4.74 Å². The summed E-state index contributed by atoms with van der Waals surface area (Å²) in [5.74, 6) is 0.654. The van der Waals surface area contributed by atoms with Crippen molar-refractivity contribution in [3.8, 4) is 0 Å². The molecule has 33 heavy (non-hydrogen) atoms. The van der Waals surface area contributed by atoms with E-state index < -0.39 is 6.10 Å². The lowest BCUT2D eigenvalue weighted by molar-refractivity contribution is 0.0448. The van der Waals surface area contributed by atoms with Crippen molar-refractivity contribution in [3.05, 3.63) is 46.5 Å². The van der Waals surface area contributed by atoms with E-state index in [2.05, 4.69) is 26.0 Å². The molecule has 2 fully saturated rings. The smallest absolute Gasteiger partial charge is 0.274 e. The molecule has 1 saturated carbocycles. The summed E-state index contributed by atoms with van der Waals surface area (Å²) >= 11 is 0. The molecule has 3 aromatic heterocycles. The fraction of sp³-hybridized carbons (Fsp3) is 0.455. The number of aromatic nitrogens is 4. The molecule has 0 aromatic carbocycles. The molecule has 0 radical (unpaired) electrons. The van der Waals surface area contributed by atoms with Gasteiger partial charge in [0.1, 0.15) is 22.9 Å². The third-order valence-electron chi connectivity index (χ3n) is 6.29. The van der Waals surface area contributed by atoms with Crippen LogP contribution in [-0.4, -0.2) is 62.6 Å². The first-order valence-electron chi connectivity index (χ1n) is 11.2. The van der Waals surface area contributed by atoms with Gasteiger partial charge < -0.3 is 30.4 Å². The molecule has 11 nitrogen and oxygen atoms in total. The van der Waals surface area contributed by atoms with E-state index in [0.29, 0.717) is 41.6 Å². The topological polar surface area (TPSA) is 135 Å². The summed E-state index contributed by atoms with van der Waals surface area (Å²) < 4.78 is 8.76. The van der Waals surface area contributed by atoms with Crippen molar-refractivity contribution in [2.75, 3.05) is 30.9 Å². The number of hydrogen-bond donors (Lipinski definition) is 4. The van der Waals surface area contributed by atoms with Crippen molar-refractivity contribution in [2.24, 2.45) is 0 Å². The van der Waals surface area contributed by atoms with Crippen LogP contribution < -0.4 is 21.5 Å². The molecule has 5 rings (SSSR count). The maximum atomic E-state index is 13.1. The van der Waals surface area contributed by atoms with Gasteiger partial charge >= 0.3 is 0 Å². The van der Waals surface area contributed by atoms with Gasteiger partial charge in [-0.2, -0.15) is 9.61 Å². The first-order chi connectivity index (χ1) is 16.0. The third kappa shape index (κ3) is 4.05. The van der Waals surface area contributed by atoms with Crippen molar-refractivity contribution < 1.29 is 14.6 Å². The third-order valence-corrected chi connectivity index (χ3v) is 6.29. The molecule has 2 aliphatic rings. The number of ether oxygens (including phenoxy) is 1. The van der Waals surface area contributed by atoms with Crippen molar-refractivity contribution in [3.63, 3.8) is 0 Å². The highest BCUT2D eigenvalue weighted by atomic mass is 16.5. The van der Waals surface area contributed by atoms with E-state index in [1.54, 1.807) is 29.9 Å². The van der Waals surface area contributed by atoms with Gasteiger partial charge in [0.25, 0.3) is 11.5 Å². The highest BCUT2D eigenvalue weighted by Crippen LogP contribution is 2.24. The van der Waals surface area contributed by atoms with Crippen molar-refractivity contribution in [1.82, 2.24) is 24.5 Å². The lowest BCUT2D eigenvalue weighted by Gasteiger charge is -2.32.